The summed E-state index contributed by atoms with van der Waals surface area (Å²) in [5.74, 6) is -0.398. The molecule has 0 aliphatic carbocycles. The predicted octanol–water partition coefficient (Wildman–Crippen LogP) is 4.71. The van der Waals surface area contributed by atoms with E-state index in [0.29, 0.717) is 11.7 Å². The van der Waals surface area contributed by atoms with Crippen molar-refractivity contribution < 1.29 is 9.53 Å². The number of para-hydroxylation sites is 1. The van der Waals surface area contributed by atoms with Crippen molar-refractivity contribution >= 4 is 61.8 Å². The lowest BCUT2D eigenvalue weighted by atomic mass is 10.3. The van der Waals surface area contributed by atoms with Crippen molar-refractivity contribution in [1.29, 1.82) is 0 Å². The second-order valence-corrected chi connectivity index (χ2v) is 8.91. The molecule has 2 aliphatic rings. The Kier molecular flexibility index (Phi) is 4.43. The molecule has 2 heterocycles. The summed E-state index contributed by atoms with van der Waals surface area (Å²) in [5, 5.41) is 10.3. The third-order valence-electron chi connectivity index (χ3n) is 3.65. The van der Waals surface area contributed by atoms with Crippen molar-refractivity contribution in [3.8, 4) is 0 Å². The lowest BCUT2D eigenvalue weighted by molar-refractivity contribution is -0.134. The maximum Gasteiger partial charge on any atom is 0.365 e. The summed E-state index contributed by atoms with van der Waals surface area (Å²) >= 11 is 6.46. The average molecular weight is 436 g/mol. The van der Waals surface area contributed by atoms with E-state index in [1.165, 1.54) is 11.8 Å². The number of ether oxygens (including phenoxy) is 1. The van der Waals surface area contributed by atoms with Gasteiger partial charge in [0.1, 0.15) is 0 Å². The van der Waals surface area contributed by atoms with Gasteiger partial charge < -0.3 is 10.1 Å². The third kappa shape index (κ3) is 3.02. The van der Waals surface area contributed by atoms with Gasteiger partial charge in [0.25, 0.3) is 0 Å². The van der Waals surface area contributed by atoms with E-state index >= 15 is 0 Å². The lowest BCUT2D eigenvalue weighted by Crippen LogP contribution is -2.41. The summed E-state index contributed by atoms with van der Waals surface area (Å²) in [6, 6.07) is 15.9. The predicted molar refractivity (Wildman–Crippen MR) is 107 cm³/mol. The number of esters is 1. The van der Waals surface area contributed by atoms with E-state index in [1.54, 1.807) is 18.7 Å². The van der Waals surface area contributed by atoms with Crippen LogP contribution in [0.1, 0.15) is 6.92 Å². The van der Waals surface area contributed by atoms with Crippen LogP contribution in [0.5, 0.6) is 0 Å². The van der Waals surface area contributed by atoms with Crippen LogP contribution in [0.15, 0.2) is 63.0 Å². The monoisotopic (exact) mass is 435 g/mol. The summed E-state index contributed by atoms with van der Waals surface area (Å²) in [6.45, 7) is 2.11. The minimum atomic E-state index is -0.639. The molecule has 5 nitrogen and oxygen atoms in total. The zero-order valence-electron chi connectivity index (χ0n) is 13.2. The largest absolute Gasteiger partial charge is 0.461 e. The van der Waals surface area contributed by atoms with Crippen molar-refractivity contribution in [2.24, 2.45) is 5.10 Å². The molecule has 2 aromatic rings. The number of nitrogens with one attached hydrogen (secondary N) is 1. The van der Waals surface area contributed by atoms with E-state index in [9.17, 15) is 4.79 Å². The molecule has 25 heavy (non-hydrogen) atoms. The van der Waals surface area contributed by atoms with E-state index in [0.717, 1.165) is 20.7 Å². The summed E-state index contributed by atoms with van der Waals surface area (Å²) in [4.78, 5) is 13.4. The van der Waals surface area contributed by atoms with Gasteiger partial charge in [-0.25, -0.2) is 9.80 Å². The molecule has 1 N–H and O–H groups in total. The number of thioether (sulfide) groups is 2. The Morgan fingerprint density at radius 2 is 2.00 bits per heavy atom. The second-order valence-electron chi connectivity index (χ2n) is 5.32. The Bertz CT molecular complexity index is 832. The van der Waals surface area contributed by atoms with Crippen LogP contribution >= 0.6 is 39.5 Å². The molecule has 128 valence electrons. The number of hydrazone groups is 1. The SMILES string of the molecule is CCOC(=O)C1=NN(c2ccc(Br)cc2)[C@]2(Nc3ccccc3S2)S1. The molecule has 0 amide bonds. The zero-order valence-corrected chi connectivity index (χ0v) is 16.5. The molecule has 0 saturated heterocycles. The molecular formula is C17H14BrN3O2S2. The molecule has 0 fully saturated rings. The van der Waals surface area contributed by atoms with Crippen LogP contribution in [0.25, 0.3) is 0 Å². The molecule has 4 rings (SSSR count). The number of anilines is 2. The maximum atomic E-state index is 12.2. The Morgan fingerprint density at radius 1 is 1.24 bits per heavy atom. The third-order valence-corrected chi connectivity index (χ3v) is 6.80. The summed E-state index contributed by atoms with van der Waals surface area (Å²) in [7, 11) is 0. The van der Waals surface area contributed by atoms with Gasteiger partial charge in [-0.3, -0.25) is 0 Å². The molecule has 0 saturated carbocycles. The van der Waals surface area contributed by atoms with E-state index in [4.69, 9.17) is 4.74 Å². The van der Waals surface area contributed by atoms with E-state index < -0.39 is 10.3 Å². The van der Waals surface area contributed by atoms with Crippen LogP contribution in [0.2, 0.25) is 0 Å². The highest BCUT2D eigenvalue weighted by Crippen LogP contribution is 2.57. The Balaban J connectivity index is 1.73. The number of carbonyl (C=O) groups is 1. The molecular weight excluding hydrogens is 422 g/mol. The number of nitrogens with zero attached hydrogens (tertiary/aromatic N) is 2. The van der Waals surface area contributed by atoms with E-state index in [-0.39, 0.29) is 0 Å². The van der Waals surface area contributed by atoms with Gasteiger partial charge in [0.2, 0.25) is 9.37 Å². The first-order chi connectivity index (χ1) is 12.1. The van der Waals surface area contributed by atoms with Crippen LogP contribution in [0, 0.1) is 0 Å². The minimum Gasteiger partial charge on any atom is -0.461 e. The molecule has 0 radical (unpaired) electrons. The van der Waals surface area contributed by atoms with Crippen LogP contribution in [0.4, 0.5) is 11.4 Å². The van der Waals surface area contributed by atoms with Gasteiger partial charge in [-0.05, 0) is 55.1 Å². The van der Waals surface area contributed by atoms with Gasteiger partial charge in [0.15, 0.2) is 0 Å². The second kappa shape index (κ2) is 6.59. The Hall–Kier alpha value is -1.64. The van der Waals surface area contributed by atoms with Crippen LogP contribution in [-0.2, 0) is 9.53 Å². The van der Waals surface area contributed by atoms with E-state index in [1.807, 2.05) is 47.5 Å². The molecule has 1 spiro atoms. The molecule has 2 aliphatic heterocycles. The molecule has 8 heteroatoms. The van der Waals surface area contributed by atoms with Crippen molar-refractivity contribution in [1.82, 2.24) is 0 Å². The van der Waals surface area contributed by atoms with Crippen molar-refractivity contribution in [3.63, 3.8) is 0 Å². The first-order valence-corrected chi connectivity index (χ1v) is 10.1. The molecule has 0 unspecified atom stereocenters. The number of hydrogen-bond acceptors (Lipinski definition) is 7. The van der Waals surface area contributed by atoms with E-state index in [2.05, 4.69) is 32.4 Å². The summed E-state index contributed by atoms with van der Waals surface area (Å²) < 4.78 is 5.50. The number of benzene rings is 2. The van der Waals surface area contributed by atoms with Gasteiger partial charge >= 0.3 is 5.97 Å². The number of rotatable bonds is 3. The molecule has 2 aromatic carbocycles. The van der Waals surface area contributed by atoms with Gasteiger partial charge in [0, 0.05) is 9.37 Å². The van der Waals surface area contributed by atoms with Gasteiger partial charge in [-0.1, -0.05) is 39.8 Å². The fourth-order valence-corrected chi connectivity index (χ4v) is 5.51. The molecule has 0 bridgehead atoms. The average Bonchev–Trinajstić information content (AvgIpc) is 3.16. The highest BCUT2D eigenvalue weighted by atomic mass is 79.9. The number of hydrogen-bond donors (Lipinski definition) is 1. The number of halogens is 1. The fraction of sp³-hybridized carbons (Fsp3) is 0.176. The first-order valence-electron chi connectivity index (χ1n) is 7.68. The zero-order chi connectivity index (χ0) is 17.4. The van der Waals surface area contributed by atoms with Crippen LogP contribution < -0.4 is 10.3 Å². The van der Waals surface area contributed by atoms with Gasteiger partial charge in [-0.15, -0.1) is 0 Å². The first kappa shape index (κ1) is 16.8. The standard InChI is InChI=1S/C17H14BrN3O2S2/c1-2-23-16(22)15-20-21(12-9-7-11(18)8-10-12)17(25-15)19-13-5-3-4-6-14(13)24-17/h3-10,19H,2H2,1H3/t17-/m0/s1. The number of fused-ring (bicyclic) bond motifs is 1. The normalized spacial score (nSPS) is 21.0. The van der Waals surface area contributed by atoms with Crippen LogP contribution in [-0.4, -0.2) is 21.9 Å². The topological polar surface area (TPSA) is 53.9 Å². The van der Waals surface area contributed by atoms with Gasteiger partial charge in [0.05, 0.1) is 18.0 Å². The highest BCUT2D eigenvalue weighted by Gasteiger charge is 2.51. The van der Waals surface area contributed by atoms with Crippen LogP contribution in [0.3, 0.4) is 0 Å². The maximum absolute atomic E-state index is 12.2. The van der Waals surface area contributed by atoms with Crippen molar-refractivity contribution in [3.05, 3.63) is 53.0 Å². The lowest BCUT2D eigenvalue weighted by Gasteiger charge is -2.32. The van der Waals surface area contributed by atoms with Crippen molar-refractivity contribution in [2.75, 3.05) is 16.9 Å². The Labute approximate surface area is 162 Å². The Morgan fingerprint density at radius 3 is 2.72 bits per heavy atom. The summed E-state index contributed by atoms with van der Waals surface area (Å²) in [6.07, 6.45) is 0. The summed E-state index contributed by atoms with van der Waals surface area (Å²) in [5.41, 5.74) is 1.92. The smallest absolute Gasteiger partial charge is 0.365 e. The van der Waals surface area contributed by atoms with Crippen molar-refractivity contribution in [2.45, 2.75) is 16.1 Å². The quantitative estimate of drug-likeness (QED) is 0.704. The fourth-order valence-electron chi connectivity index (χ4n) is 2.58. The number of carbonyl (C=O) groups excluding carboxylic acids is 1. The minimum absolute atomic E-state index is 0.324. The molecule has 1 atom stereocenters. The highest BCUT2D eigenvalue weighted by molar-refractivity contribution is 9.10. The molecule has 0 aromatic heterocycles. The van der Waals surface area contributed by atoms with Gasteiger partial charge in [-0.2, -0.15) is 5.10 Å².